The van der Waals surface area contributed by atoms with Crippen molar-refractivity contribution in [1.29, 1.82) is 0 Å². The molecule has 0 amide bonds. The standard InChI is InChI=1S/C31H35F3N2O2/c1-3-38-29(37)30(2,26-10-5-4-6-11-26)17-8-18-35-19-21-36(22-20-35)28-12-7-9-25(23-28)24-13-15-27(16-14-24)31(32,33)34/h4-7,9-16,23H,3,8,17-22H2,1-2H3. The van der Waals surface area contributed by atoms with Gasteiger partial charge < -0.3 is 9.64 Å². The molecule has 0 aromatic heterocycles. The first-order chi connectivity index (χ1) is 18.2. The SMILES string of the molecule is CCOC(=O)C(C)(CCCN1CCN(c2cccc(-c3ccc(C(F)(F)F)cc3)c2)CC1)c1ccccc1. The van der Waals surface area contributed by atoms with Crippen LogP contribution in [0.3, 0.4) is 0 Å². The normalized spacial score (nSPS) is 16.2. The number of alkyl halides is 3. The molecule has 1 fully saturated rings. The van der Waals surface area contributed by atoms with E-state index in [0.29, 0.717) is 13.0 Å². The number of hydrogen-bond donors (Lipinski definition) is 0. The van der Waals surface area contributed by atoms with Gasteiger partial charge in [0.25, 0.3) is 0 Å². The first kappa shape index (κ1) is 27.7. The minimum Gasteiger partial charge on any atom is -0.465 e. The Labute approximate surface area is 223 Å². The third kappa shape index (κ3) is 6.57. The zero-order valence-corrected chi connectivity index (χ0v) is 22.0. The number of piperazine rings is 1. The molecule has 202 valence electrons. The van der Waals surface area contributed by atoms with Gasteiger partial charge in [0.2, 0.25) is 0 Å². The van der Waals surface area contributed by atoms with Crippen LogP contribution < -0.4 is 4.90 Å². The Morgan fingerprint density at radius 1 is 0.842 bits per heavy atom. The summed E-state index contributed by atoms with van der Waals surface area (Å²) in [5.41, 5.74) is 2.41. The Balaban J connectivity index is 1.32. The van der Waals surface area contributed by atoms with Gasteiger partial charge in [-0.15, -0.1) is 0 Å². The molecule has 1 aliphatic heterocycles. The third-order valence-electron chi connectivity index (χ3n) is 7.42. The number of nitrogens with zero attached hydrogens (tertiary/aromatic N) is 2. The largest absolute Gasteiger partial charge is 0.465 e. The first-order valence-corrected chi connectivity index (χ1v) is 13.2. The monoisotopic (exact) mass is 524 g/mol. The maximum atomic E-state index is 12.9. The topological polar surface area (TPSA) is 32.8 Å². The molecule has 3 aromatic carbocycles. The van der Waals surface area contributed by atoms with E-state index in [0.717, 1.165) is 73.7 Å². The Kier molecular flexibility index (Phi) is 8.77. The molecule has 0 N–H and O–H groups in total. The smallest absolute Gasteiger partial charge is 0.416 e. The molecule has 4 rings (SSSR count). The summed E-state index contributed by atoms with van der Waals surface area (Å²) < 4.78 is 44.1. The number of carbonyl (C=O) groups is 1. The molecule has 0 spiro atoms. The summed E-state index contributed by atoms with van der Waals surface area (Å²) in [5, 5.41) is 0. The minimum absolute atomic E-state index is 0.177. The van der Waals surface area contributed by atoms with E-state index in [4.69, 9.17) is 4.74 Å². The summed E-state index contributed by atoms with van der Waals surface area (Å²) >= 11 is 0. The van der Waals surface area contributed by atoms with E-state index < -0.39 is 17.2 Å². The van der Waals surface area contributed by atoms with Crippen molar-refractivity contribution in [2.45, 2.75) is 38.3 Å². The van der Waals surface area contributed by atoms with E-state index in [1.807, 2.05) is 68.4 Å². The van der Waals surface area contributed by atoms with Crippen molar-refractivity contribution in [2.75, 3.05) is 44.2 Å². The second kappa shape index (κ2) is 12.0. The summed E-state index contributed by atoms with van der Waals surface area (Å²) in [5.74, 6) is -0.177. The van der Waals surface area contributed by atoms with Crippen LogP contribution in [0.2, 0.25) is 0 Å². The molecule has 0 aliphatic carbocycles. The molecule has 0 saturated carbocycles. The van der Waals surface area contributed by atoms with Crippen molar-refractivity contribution in [3.63, 3.8) is 0 Å². The maximum Gasteiger partial charge on any atom is 0.416 e. The molecule has 1 heterocycles. The predicted molar refractivity (Wildman–Crippen MR) is 145 cm³/mol. The Morgan fingerprint density at radius 2 is 1.53 bits per heavy atom. The number of ether oxygens (including phenoxy) is 1. The van der Waals surface area contributed by atoms with Gasteiger partial charge in [-0.2, -0.15) is 13.2 Å². The molecule has 1 unspecified atom stereocenters. The van der Waals surface area contributed by atoms with Gasteiger partial charge in [-0.1, -0.05) is 54.6 Å². The van der Waals surface area contributed by atoms with Crippen molar-refractivity contribution < 1.29 is 22.7 Å². The fraction of sp³-hybridized carbons (Fsp3) is 0.387. The molecule has 1 aliphatic rings. The number of anilines is 1. The molecular weight excluding hydrogens is 489 g/mol. The highest BCUT2D eigenvalue weighted by molar-refractivity contribution is 5.82. The zero-order valence-electron chi connectivity index (χ0n) is 22.0. The predicted octanol–water partition coefficient (Wildman–Crippen LogP) is 6.80. The average molecular weight is 525 g/mol. The number of halogens is 3. The third-order valence-corrected chi connectivity index (χ3v) is 7.42. The van der Waals surface area contributed by atoms with Crippen molar-refractivity contribution >= 4 is 11.7 Å². The average Bonchev–Trinajstić information content (AvgIpc) is 2.93. The number of benzene rings is 3. The summed E-state index contributed by atoms with van der Waals surface area (Å²) in [6.07, 6.45) is -2.74. The fourth-order valence-corrected chi connectivity index (χ4v) is 5.08. The van der Waals surface area contributed by atoms with E-state index in [-0.39, 0.29) is 5.97 Å². The number of esters is 1. The molecule has 0 radical (unpaired) electrons. The number of rotatable bonds is 9. The van der Waals surface area contributed by atoms with Crippen molar-refractivity contribution in [3.05, 3.63) is 90.0 Å². The molecule has 4 nitrogen and oxygen atoms in total. The van der Waals surface area contributed by atoms with Crippen molar-refractivity contribution in [2.24, 2.45) is 0 Å². The van der Waals surface area contributed by atoms with Crippen LogP contribution >= 0.6 is 0 Å². The van der Waals surface area contributed by atoms with Gasteiger partial charge >= 0.3 is 12.1 Å². The molecule has 3 aromatic rings. The molecule has 7 heteroatoms. The van der Waals surface area contributed by atoms with E-state index in [1.165, 1.54) is 12.1 Å². The number of hydrogen-bond acceptors (Lipinski definition) is 4. The van der Waals surface area contributed by atoms with Crippen LogP contribution in [0.1, 0.15) is 37.8 Å². The lowest BCUT2D eigenvalue weighted by molar-refractivity contribution is -0.150. The molecular formula is C31H35F3N2O2. The highest BCUT2D eigenvalue weighted by atomic mass is 19.4. The summed E-state index contributed by atoms with van der Waals surface area (Å²) in [4.78, 5) is 17.6. The highest BCUT2D eigenvalue weighted by Crippen LogP contribution is 2.33. The van der Waals surface area contributed by atoms with Crippen LogP contribution in [-0.4, -0.2) is 50.2 Å². The van der Waals surface area contributed by atoms with Gasteiger partial charge in [0.15, 0.2) is 0 Å². The second-order valence-corrected chi connectivity index (χ2v) is 9.98. The van der Waals surface area contributed by atoms with Crippen LogP contribution in [0.25, 0.3) is 11.1 Å². The Bertz CT molecular complexity index is 1190. The van der Waals surface area contributed by atoms with Crippen LogP contribution in [0.4, 0.5) is 18.9 Å². The summed E-state index contributed by atoms with van der Waals surface area (Å²) in [6, 6.07) is 23.1. The summed E-state index contributed by atoms with van der Waals surface area (Å²) in [6.45, 7) is 8.63. The van der Waals surface area contributed by atoms with Gasteiger partial charge in [0.1, 0.15) is 0 Å². The van der Waals surface area contributed by atoms with Crippen LogP contribution in [0.15, 0.2) is 78.9 Å². The quantitative estimate of drug-likeness (QED) is 0.289. The van der Waals surface area contributed by atoms with Crippen molar-refractivity contribution in [3.8, 4) is 11.1 Å². The van der Waals surface area contributed by atoms with Gasteiger partial charge in [0.05, 0.1) is 17.6 Å². The molecule has 1 saturated heterocycles. The van der Waals surface area contributed by atoms with Gasteiger partial charge in [-0.3, -0.25) is 9.69 Å². The lowest BCUT2D eigenvalue weighted by atomic mass is 9.78. The maximum absolute atomic E-state index is 12.9. The highest BCUT2D eigenvalue weighted by Gasteiger charge is 2.36. The zero-order chi connectivity index (χ0) is 27.2. The first-order valence-electron chi connectivity index (χ1n) is 13.2. The number of carbonyl (C=O) groups excluding carboxylic acids is 1. The molecule has 1 atom stereocenters. The fourth-order valence-electron chi connectivity index (χ4n) is 5.08. The van der Waals surface area contributed by atoms with Crippen LogP contribution in [0, 0.1) is 0 Å². The van der Waals surface area contributed by atoms with Gasteiger partial charge in [0, 0.05) is 31.9 Å². The Hall–Kier alpha value is -3.32. The molecule has 0 bridgehead atoms. The second-order valence-electron chi connectivity index (χ2n) is 9.98. The van der Waals surface area contributed by atoms with Crippen molar-refractivity contribution in [1.82, 2.24) is 4.90 Å². The van der Waals surface area contributed by atoms with E-state index in [2.05, 4.69) is 9.80 Å². The van der Waals surface area contributed by atoms with Crippen LogP contribution in [0.5, 0.6) is 0 Å². The van der Waals surface area contributed by atoms with E-state index in [9.17, 15) is 18.0 Å². The summed E-state index contributed by atoms with van der Waals surface area (Å²) in [7, 11) is 0. The van der Waals surface area contributed by atoms with E-state index in [1.54, 1.807) is 0 Å². The van der Waals surface area contributed by atoms with Gasteiger partial charge in [-0.05, 0) is 74.2 Å². The lowest BCUT2D eigenvalue weighted by Gasteiger charge is -2.37. The van der Waals surface area contributed by atoms with E-state index >= 15 is 0 Å². The minimum atomic E-state index is -4.33. The molecule has 38 heavy (non-hydrogen) atoms. The Morgan fingerprint density at radius 3 is 2.16 bits per heavy atom. The van der Waals surface area contributed by atoms with Crippen LogP contribution in [-0.2, 0) is 21.1 Å². The van der Waals surface area contributed by atoms with Gasteiger partial charge in [-0.25, -0.2) is 0 Å². The lowest BCUT2D eigenvalue weighted by Crippen LogP contribution is -2.47.